The third kappa shape index (κ3) is 4.71. The number of aryl methyl sites for hydroxylation is 2. The van der Waals surface area contributed by atoms with Crippen molar-refractivity contribution in [1.29, 1.82) is 0 Å². The normalized spacial score (nSPS) is 18.6. The molecule has 1 unspecified atom stereocenters. The molecule has 1 amide bonds. The quantitative estimate of drug-likeness (QED) is 0.494. The van der Waals surface area contributed by atoms with Crippen LogP contribution in [0.2, 0.25) is 0 Å². The molecule has 11 heteroatoms. The fourth-order valence-corrected chi connectivity index (χ4v) is 4.97. The van der Waals surface area contributed by atoms with Crippen molar-refractivity contribution in [1.82, 2.24) is 25.6 Å². The first-order valence-corrected chi connectivity index (χ1v) is 10.3. The molecule has 0 spiro atoms. The number of carbonyl (C=O) groups is 1. The van der Waals surface area contributed by atoms with Crippen molar-refractivity contribution in [3.8, 4) is 0 Å². The number of hydrogen-bond acceptors (Lipinski definition) is 6. The van der Waals surface area contributed by atoms with Crippen molar-refractivity contribution >= 4 is 33.3 Å². The van der Waals surface area contributed by atoms with Gasteiger partial charge in [0, 0.05) is 19.1 Å². The minimum atomic E-state index is -3.76. The highest BCUT2D eigenvalue weighted by Gasteiger charge is 2.36. The number of nitrogens with one attached hydrogen (secondary N) is 3. The number of hydrogen-bond donors (Lipinski definition) is 3. The Morgan fingerprint density at radius 3 is 2.62 bits per heavy atom. The van der Waals surface area contributed by atoms with E-state index in [-0.39, 0.29) is 29.1 Å². The first kappa shape index (κ1) is 20.6. The van der Waals surface area contributed by atoms with Crippen LogP contribution in [0.3, 0.4) is 0 Å². The monoisotopic (exact) mass is 403 g/mol. The van der Waals surface area contributed by atoms with E-state index in [1.54, 1.807) is 13.8 Å². The zero-order valence-corrected chi connectivity index (χ0v) is 17.0. The van der Waals surface area contributed by atoms with Crippen molar-refractivity contribution in [2.24, 2.45) is 5.92 Å². The van der Waals surface area contributed by atoms with Gasteiger partial charge in [-0.3, -0.25) is 15.6 Å². The summed E-state index contributed by atoms with van der Waals surface area (Å²) in [4.78, 5) is 12.5. The first-order chi connectivity index (χ1) is 12.1. The van der Waals surface area contributed by atoms with Crippen LogP contribution in [0, 0.1) is 19.8 Å². The fourth-order valence-electron chi connectivity index (χ4n) is 2.87. The second-order valence-corrected chi connectivity index (χ2v) is 8.88. The molecular weight excluding hydrogens is 378 g/mol. The summed E-state index contributed by atoms with van der Waals surface area (Å²) in [5.74, 6) is -0.509. The van der Waals surface area contributed by atoms with Crippen LogP contribution >= 0.6 is 12.2 Å². The number of nitrogens with zero attached hydrogens (tertiary/aromatic N) is 2. The lowest BCUT2D eigenvalue weighted by Gasteiger charge is -2.31. The Hall–Kier alpha value is -1.72. The SMILES string of the molecule is Cc1noc(C)c1S(=O)(=O)N1CCCC(C(=O)NNC(=S)NC(C)C)C1. The van der Waals surface area contributed by atoms with E-state index < -0.39 is 15.9 Å². The van der Waals surface area contributed by atoms with Crippen LogP contribution in [0.15, 0.2) is 9.42 Å². The Morgan fingerprint density at radius 2 is 2.04 bits per heavy atom. The molecule has 3 N–H and O–H groups in total. The summed E-state index contributed by atoms with van der Waals surface area (Å²) in [6, 6.07) is 0.136. The molecule has 1 atom stereocenters. The zero-order chi connectivity index (χ0) is 19.5. The van der Waals surface area contributed by atoms with Gasteiger partial charge in [0.15, 0.2) is 10.9 Å². The number of rotatable bonds is 4. The van der Waals surface area contributed by atoms with Gasteiger partial charge in [-0.15, -0.1) is 0 Å². The van der Waals surface area contributed by atoms with Gasteiger partial charge in [-0.05, 0) is 52.8 Å². The highest BCUT2D eigenvalue weighted by molar-refractivity contribution is 7.89. The molecule has 0 aromatic carbocycles. The second kappa shape index (κ2) is 8.31. The van der Waals surface area contributed by atoms with E-state index in [9.17, 15) is 13.2 Å². The third-order valence-electron chi connectivity index (χ3n) is 4.04. The molecule has 1 aliphatic rings. The van der Waals surface area contributed by atoms with Gasteiger partial charge in [0.2, 0.25) is 15.9 Å². The predicted molar refractivity (Wildman–Crippen MR) is 99.6 cm³/mol. The maximum Gasteiger partial charge on any atom is 0.248 e. The highest BCUT2D eigenvalue weighted by atomic mass is 32.2. The number of carbonyl (C=O) groups excluding carboxylic acids is 1. The summed E-state index contributed by atoms with van der Waals surface area (Å²) in [6.07, 6.45) is 1.20. The lowest BCUT2D eigenvalue weighted by atomic mass is 9.99. The van der Waals surface area contributed by atoms with Gasteiger partial charge < -0.3 is 9.84 Å². The van der Waals surface area contributed by atoms with Crippen LogP contribution in [0.1, 0.15) is 38.1 Å². The lowest BCUT2D eigenvalue weighted by molar-refractivity contribution is -0.126. The Kier molecular flexibility index (Phi) is 6.58. The van der Waals surface area contributed by atoms with Crippen LogP contribution in [-0.2, 0) is 14.8 Å². The number of hydrazine groups is 1. The summed E-state index contributed by atoms with van der Waals surface area (Å²) >= 11 is 5.05. The molecule has 1 fully saturated rings. The van der Waals surface area contributed by atoms with E-state index >= 15 is 0 Å². The van der Waals surface area contributed by atoms with Gasteiger partial charge in [-0.25, -0.2) is 8.42 Å². The molecule has 1 saturated heterocycles. The molecule has 2 heterocycles. The lowest BCUT2D eigenvalue weighted by Crippen LogP contribution is -2.52. The molecule has 146 valence electrons. The molecule has 2 rings (SSSR count). The van der Waals surface area contributed by atoms with Crippen molar-refractivity contribution in [3.63, 3.8) is 0 Å². The van der Waals surface area contributed by atoms with Crippen molar-refractivity contribution in [2.75, 3.05) is 13.1 Å². The average Bonchev–Trinajstić information content (AvgIpc) is 2.91. The van der Waals surface area contributed by atoms with Crippen LogP contribution in [-0.4, -0.2) is 48.0 Å². The van der Waals surface area contributed by atoms with E-state index in [0.717, 1.165) is 0 Å². The minimum absolute atomic E-state index is 0.0824. The topological polar surface area (TPSA) is 117 Å². The maximum atomic E-state index is 12.9. The Morgan fingerprint density at radius 1 is 1.35 bits per heavy atom. The second-order valence-electron chi connectivity index (χ2n) is 6.60. The molecule has 1 aromatic rings. The summed E-state index contributed by atoms with van der Waals surface area (Å²) in [5.41, 5.74) is 5.50. The fraction of sp³-hybridized carbons (Fsp3) is 0.667. The van der Waals surface area contributed by atoms with E-state index in [4.69, 9.17) is 16.7 Å². The Labute approximate surface area is 158 Å². The van der Waals surface area contributed by atoms with Gasteiger partial charge in [0.25, 0.3) is 0 Å². The van der Waals surface area contributed by atoms with Crippen LogP contribution < -0.4 is 16.2 Å². The number of amides is 1. The molecule has 1 aromatic heterocycles. The van der Waals surface area contributed by atoms with Gasteiger partial charge in [-0.2, -0.15) is 4.31 Å². The molecule has 1 aliphatic heterocycles. The largest absolute Gasteiger partial charge is 0.360 e. The molecule has 0 bridgehead atoms. The molecule has 0 saturated carbocycles. The molecular formula is C15H25N5O4S2. The number of piperidine rings is 1. The van der Waals surface area contributed by atoms with Gasteiger partial charge >= 0.3 is 0 Å². The minimum Gasteiger partial charge on any atom is -0.360 e. The molecule has 26 heavy (non-hydrogen) atoms. The first-order valence-electron chi connectivity index (χ1n) is 8.42. The number of aromatic nitrogens is 1. The molecule has 0 radical (unpaired) electrons. The van der Waals surface area contributed by atoms with Crippen molar-refractivity contribution in [3.05, 3.63) is 11.5 Å². The van der Waals surface area contributed by atoms with E-state index in [1.165, 1.54) is 4.31 Å². The molecule has 9 nitrogen and oxygen atoms in total. The van der Waals surface area contributed by atoms with Gasteiger partial charge in [-0.1, -0.05) is 5.16 Å². The summed E-state index contributed by atoms with van der Waals surface area (Å²) in [5, 5.41) is 6.97. The smallest absolute Gasteiger partial charge is 0.248 e. The maximum absolute atomic E-state index is 12.9. The molecule has 0 aliphatic carbocycles. The standard InChI is InChI=1S/C15H25N5O4S2/c1-9(2)16-15(25)18-17-14(21)12-6-5-7-20(8-12)26(22,23)13-10(3)19-24-11(13)4/h9,12H,5-8H2,1-4H3,(H,17,21)(H2,16,18,25). The van der Waals surface area contributed by atoms with Gasteiger partial charge in [0.1, 0.15) is 10.6 Å². The summed E-state index contributed by atoms with van der Waals surface area (Å²) in [7, 11) is -3.76. The van der Waals surface area contributed by atoms with Crippen molar-refractivity contribution in [2.45, 2.75) is 51.5 Å². The van der Waals surface area contributed by atoms with Crippen molar-refractivity contribution < 1.29 is 17.7 Å². The van der Waals surface area contributed by atoms with Crippen LogP contribution in [0.25, 0.3) is 0 Å². The van der Waals surface area contributed by atoms with E-state index in [0.29, 0.717) is 30.2 Å². The van der Waals surface area contributed by atoms with E-state index in [1.807, 2.05) is 13.8 Å². The van der Waals surface area contributed by atoms with E-state index in [2.05, 4.69) is 21.3 Å². The Balaban J connectivity index is 2.02. The highest BCUT2D eigenvalue weighted by Crippen LogP contribution is 2.27. The summed E-state index contributed by atoms with van der Waals surface area (Å²) < 4.78 is 32.1. The predicted octanol–water partition coefficient (Wildman–Crippen LogP) is 0.596. The third-order valence-corrected chi connectivity index (χ3v) is 6.37. The summed E-state index contributed by atoms with van der Waals surface area (Å²) in [6.45, 7) is 7.46. The Bertz CT molecular complexity index is 755. The number of thiocarbonyl (C=S) groups is 1. The van der Waals surface area contributed by atoms with Crippen LogP contribution in [0.4, 0.5) is 0 Å². The van der Waals surface area contributed by atoms with Gasteiger partial charge in [0.05, 0.1) is 5.92 Å². The number of sulfonamides is 1. The average molecular weight is 404 g/mol. The van der Waals surface area contributed by atoms with Crippen LogP contribution in [0.5, 0.6) is 0 Å². The zero-order valence-electron chi connectivity index (χ0n) is 15.3.